The van der Waals surface area contributed by atoms with Crippen LogP contribution in [0.15, 0.2) is 35.4 Å². The molecule has 0 aliphatic carbocycles. The maximum absolute atomic E-state index is 12.8. The Labute approximate surface area is 177 Å². The van der Waals surface area contributed by atoms with Crippen LogP contribution in [0.4, 0.5) is 0 Å². The smallest absolute Gasteiger partial charge is 0.233 e. The van der Waals surface area contributed by atoms with Crippen LogP contribution in [-0.2, 0) is 11.3 Å². The van der Waals surface area contributed by atoms with E-state index in [0.29, 0.717) is 16.3 Å². The molecule has 152 valence electrons. The van der Waals surface area contributed by atoms with Gasteiger partial charge < -0.3 is 4.90 Å². The average molecular weight is 409 g/mol. The Morgan fingerprint density at radius 2 is 1.86 bits per heavy atom. The predicted molar refractivity (Wildman–Crippen MR) is 117 cm³/mol. The van der Waals surface area contributed by atoms with Gasteiger partial charge >= 0.3 is 0 Å². The van der Waals surface area contributed by atoms with Crippen molar-refractivity contribution in [1.29, 1.82) is 5.26 Å². The third kappa shape index (κ3) is 5.37. The second kappa shape index (κ2) is 9.91. The Morgan fingerprint density at radius 1 is 1.10 bits per heavy atom. The second-order valence-electron chi connectivity index (χ2n) is 7.52. The van der Waals surface area contributed by atoms with Crippen LogP contribution >= 0.6 is 11.8 Å². The maximum Gasteiger partial charge on any atom is 0.233 e. The monoisotopic (exact) mass is 408 g/mol. The average Bonchev–Trinajstić information content (AvgIpc) is 2.97. The zero-order chi connectivity index (χ0) is 20.8. The van der Waals surface area contributed by atoms with Crippen LogP contribution in [0, 0.1) is 32.1 Å². The van der Waals surface area contributed by atoms with E-state index in [-0.39, 0.29) is 5.91 Å². The molecule has 6 heteroatoms. The summed E-state index contributed by atoms with van der Waals surface area (Å²) in [6.45, 7) is 10.2. The van der Waals surface area contributed by atoms with Crippen molar-refractivity contribution >= 4 is 17.7 Å². The molecular weight excluding hydrogens is 380 g/mol. The molecule has 5 nitrogen and oxygen atoms in total. The second-order valence-corrected chi connectivity index (χ2v) is 8.49. The Kier molecular flexibility index (Phi) is 7.29. The molecular formula is C23H28N4OS. The number of thioether (sulfide) groups is 1. The van der Waals surface area contributed by atoms with Gasteiger partial charge in [0.15, 0.2) is 0 Å². The van der Waals surface area contributed by atoms with Crippen molar-refractivity contribution in [2.24, 2.45) is 0 Å². The highest BCUT2D eigenvalue weighted by Gasteiger charge is 2.21. The Balaban J connectivity index is 1.57. The zero-order valence-electron chi connectivity index (χ0n) is 17.4. The van der Waals surface area contributed by atoms with Crippen molar-refractivity contribution in [2.45, 2.75) is 38.8 Å². The van der Waals surface area contributed by atoms with Crippen LogP contribution in [0.1, 0.15) is 34.4 Å². The molecule has 2 heterocycles. The minimum atomic E-state index is 0.123. The number of carbonyl (C=O) groups is 1. The van der Waals surface area contributed by atoms with Gasteiger partial charge in [-0.3, -0.25) is 9.69 Å². The van der Waals surface area contributed by atoms with Gasteiger partial charge in [0.2, 0.25) is 5.91 Å². The van der Waals surface area contributed by atoms with Crippen molar-refractivity contribution < 1.29 is 4.79 Å². The predicted octanol–water partition coefficient (Wildman–Crippen LogP) is 3.71. The lowest BCUT2D eigenvalue weighted by Crippen LogP contribution is -2.36. The zero-order valence-corrected chi connectivity index (χ0v) is 18.3. The summed E-state index contributed by atoms with van der Waals surface area (Å²) in [5.74, 6) is 0.445. The number of hydrogen-bond donors (Lipinski definition) is 0. The number of aryl methyl sites for hydroxylation is 1. The molecule has 1 aromatic heterocycles. The highest BCUT2D eigenvalue weighted by Crippen LogP contribution is 2.26. The third-order valence-corrected chi connectivity index (χ3v) is 6.56. The topological polar surface area (TPSA) is 60.2 Å². The van der Waals surface area contributed by atoms with Crippen LogP contribution in [0.25, 0.3) is 0 Å². The summed E-state index contributed by atoms with van der Waals surface area (Å²) < 4.78 is 0. The minimum Gasteiger partial charge on any atom is -0.341 e. The van der Waals surface area contributed by atoms with Gasteiger partial charge in [0, 0.05) is 38.4 Å². The summed E-state index contributed by atoms with van der Waals surface area (Å²) in [4.78, 5) is 21.7. The molecule has 1 aliphatic heterocycles. The molecule has 29 heavy (non-hydrogen) atoms. The molecule has 0 radical (unpaired) electrons. The molecule has 0 bridgehead atoms. The van der Waals surface area contributed by atoms with Crippen molar-refractivity contribution in [3.05, 3.63) is 58.3 Å². The summed E-state index contributed by atoms with van der Waals surface area (Å²) in [5, 5.41) is 10.2. The number of nitriles is 1. The number of aromatic nitrogens is 1. The fourth-order valence-electron chi connectivity index (χ4n) is 3.59. The summed E-state index contributed by atoms with van der Waals surface area (Å²) in [7, 11) is 0. The van der Waals surface area contributed by atoms with Crippen LogP contribution in [0.5, 0.6) is 0 Å². The van der Waals surface area contributed by atoms with E-state index in [1.54, 1.807) is 0 Å². The van der Waals surface area contributed by atoms with E-state index in [1.807, 2.05) is 31.7 Å². The van der Waals surface area contributed by atoms with Gasteiger partial charge in [0.1, 0.15) is 11.1 Å². The first-order valence-electron chi connectivity index (χ1n) is 10.0. The molecule has 0 N–H and O–H groups in total. The number of hydrogen-bond acceptors (Lipinski definition) is 5. The fraction of sp³-hybridized carbons (Fsp3) is 0.435. The van der Waals surface area contributed by atoms with E-state index in [1.165, 1.54) is 17.3 Å². The lowest BCUT2D eigenvalue weighted by molar-refractivity contribution is -0.128. The van der Waals surface area contributed by atoms with Crippen molar-refractivity contribution in [3.8, 4) is 6.07 Å². The van der Waals surface area contributed by atoms with E-state index in [9.17, 15) is 10.1 Å². The van der Waals surface area contributed by atoms with E-state index < -0.39 is 0 Å². The highest BCUT2D eigenvalue weighted by atomic mass is 32.2. The Bertz CT molecular complexity index is 907. The SMILES string of the molecule is Cc1nc(SCC(=O)N2CCCN(Cc3ccccc3)CC2)c(C#N)c(C)c1C. The lowest BCUT2D eigenvalue weighted by atomic mass is 10.1. The van der Waals surface area contributed by atoms with Gasteiger partial charge in [-0.15, -0.1) is 0 Å². The number of carbonyl (C=O) groups excluding carboxylic acids is 1. The molecule has 0 unspecified atom stereocenters. The Morgan fingerprint density at radius 3 is 2.59 bits per heavy atom. The first-order valence-corrected chi connectivity index (χ1v) is 11.0. The fourth-order valence-corrected chi connectivity index (χ4v) is 4.58. The number of benzene rings is 1. The van der Waals surface area contributed by atoms with Crippen molar-refractivity contribution in [3.63, 3.8) is 0 Å². The van der Waals surface area contributed by atoms with Gasteiger partial charge in [0.05, 0.1) is 11.3 Å². The summed E-state index contributed by atoms with van der Waals surface area (Å²) in [6, 6.07) is 12.7. The first-order chi connectivity index (χ1) is 14.0. The van der Waals surface area contributed by atoms with Crippen LogP contribution in [-0.4, -0.2) is 52.6 Å². The molecule has 1 saturated heterocycles. The van der Waals surface area contributed by atoms with E-state index in [2.05, 4.69) is 40.2 Å². The summed E-state index contributed by atoms with van der Waals surface area (Å²) in [5.41, 5.74) is 4.83. The van der Waals surface area contributed by atoms with E-state index >= 15 is 0 Å². The van der Waals surface area contributed by atoms with Crippen LogP contribution < -0.4 is 0 Å². The quantitative estimate of drug-likeness (QED) is 0.706. The van der Waals surface area contributed by atoms with Crippen molar-refractivity contribution in [1.82, 2.24) is 14.8 Å². The van der Waals surface area contributed by atoms with Gasteiger partial charge in [-0.2, -0.15) is 5.26 Å². The molecule has 1 aromatic carbocycles. The molecule has 2 aromatic rings. The van der Waals surface area contributed by atoms with Crippen LogP contribution in [0.3, 0.4) is 0 Å². The molecule has 0 spiro atoms. The number of pyridine rings is 1. The van der Waals surface area contributed by atoms with Gasteiger partial charge in [-0.05, 0) is 43.9 Å². The largest absolute Gasteiger partial charge is 0.341 e. The van der Waals surface area contributed by atoms with Gasteiger partial charge in [-0.1, -0.05) is 42.1 Å². The standard InChI is InChI=1S/C23H28N4OS/c1-17-18(2)21(14-24)23(25-19(17)3)29-16-22(28)27-11-7-10-26(12-13-27)15-20-8-5-4-6-9-20/h4-6,8-9H,7,10-13,15-16H2,1-3H3. The van der Waals surface area contributed by atoms with Crippen LogP contribution in [0.2, 0.25) is 0 Å². The molecule has 1 fully saturated rings. The third-order valence-electron chi connectivity index (χ3n) is 5.60. The molecule has 0 saturated carbocycles. The summed E-state index contributed by atoms with van der Waals surface area (Å²) in [6.07, 6.45) is 0.980. The highest BCUT2D eigenvalue weighted by molar-refractivity contribution is 8.00. The molecule has 3 rings (SSSR count). The Hall–Kier alpha value is -2.36. The van der Waals surface area contributed by atoms with Crippen molar-refractivity contribution in [2.75, 3.05) is 31.9 Å². The number of nitrogens with zero attached hydrogens (tertiary/aromatic N) is 4. The number of rotatable bonds is 5. The lowest BCUT2D eigenvalue weighted by Gasteiger charge is -2.22. The van der Waals surface area contributed by atoms with Gasteiger partial charge in [0.25, 0.3) is 0 Å². The molecule has 1 aliphatic rings. The van der Waals surface area contributed by atoms with E-state index in [0.717, 1.165) is 56.0 Å². The first kappa shape index (κ1) is 21.4. The summed E-state index contributed by atoms with van der Waals surface area (Å²) >= 11 is 1.38. The van der Waals surface area contributed by atoms with Gasteiger partial charge in [-0.25, -0.2) is 4.98 Å². The number of amides is 1. The molecule has 1 amide bonds. The normalized spacial score (nSPS) is 15.0. The minimum absolute atomic E-state index is 0.123. The maximum atomic E-state index is 12.8. The van der Waals surface area contributed by atoms with E-state index in [4.69, 9.17) is 0 Å². The molecule has 0 atom stereocenters.